The van der Waals surface area contributed by atoms with E-state index < -0.39 is 0 Å². The van der Waals surface area contributed by atoms with E-state index in [1.165, 1.54) is 22.9 Å². The van der Waals surface area contributed by atoms with Crippen LogP contribution in [-0.2, 0) is 0 Å². The molecule has 0 saturated heterocycles. The summed E-state index contributed by atoms with van der Waals surface area (Å²) in [4.78, 5) is 12.4. The molecule has 72 valence electrons. The number of hydrogen-bond donors (Lipinski definition) is 0. The molecule has 0 aromatic carbocycles. The van der Waals surface area contributed by atoms with Gasteiger partial charge in [0, 0.05) is 5.38 Å². The molecular weight excluding hydrogens is 218 g/mol. The third-order valence-electron chi connectivity index (χ3n) is 1.73. The average molecular weight is 225 g/mol. The molecule has 0 spiro atoms. The van der Waals surface area contributed by atoms with Gasteiger partial charge in [-0.1, -0.05) is 0 Å². The molecule has 0 N–H and O–H groups in total. The van der Waals surface area contributed by atoms with Crippen LogP contribution in [0.25, 0.3) is 0 Å². The van der Waals surface area contributed by atoms with Crippen molar-refractivity contribution in [2.75, 3.05) is 7.11 Å². The average Bonchev–Trinajstić information content (AvgIpc) is 2.87. The highest BCUT2D eigenvalue weighted by Crippen LogP contribution is 2.26. The SMILES string of the molecule is COc1ccsc1C(=O)c1ccsn1. The summed E-state index contributed by atoms with van der Waals surface area (Å²) in [5, 5.41) is 3.62. The molecule has 2 heterocycles. The van der Waals surface area contributed by atoms with Crippen LogP contribution in [0.5, 0.6) is 5.75 Å². The summed E-state index contributed by atoms with van der Waals surface area (Å²) in [5.41, 5.74) is 0.482. The number of carbonyl (C=O) groups is 1. The van der Waals surface area contributed by atoms with Crippen LogP contribution in [0.4, 0.5) is 0 Å². The van der Waals surface area contributed by atoms with Gasteiger partial charge < -0.3 is 4.74 Å². The summed E-state index contributed by atoms with van der Waals surface area (Å²) in [6, 6.07) is 3.50. The molecule has 0 aliphatic rings. The highest BCUT2D eigenvalue weighted by molar-refractivity contribution is 7.12. The maximum absolute atomic E-state index is 11.8. The standard InChI is InChI=1S/C9H7NO2S2/c1-12-7-3-4-13-9(7)8(11)6-2-5-14-10-6/h2-5H,1H3. The Morgan fingerprint density at radius 3 is 2.93 bits per heavy atom. The molecule has 5 heteroatoms. The van der Waals surface area contributed by atoms with Gasteiger partial charge in [0.1, 0.15) is 16.3 Å². The van der Waals surface area contributed by atoms with E-state index in [1.54, 1.807) is 24.6 Å². The van der Waals surface area contributed by atoms with Gasteiger partial charge in [-0.3, -0.25) is 4.79 Å². The maximum Gasteiger partial charge on any atom is 0.226 e. The van der Waals surface area contributed by atoms with Gasteiger partial charge in [0.2, 0.25) is 5.78 Å². The molecule has 0 aliphatic carbocycles. The normalized spacial score (nSPS) is 10.1. The zero-order valence-corrected chi connectivity index (χ0v) is 9.02. The molecule has 2 aromatic heterocycles. The summed E-state index contributed by atoms with van der Waals surface area (Å²) in [6.45, 7) is 0. The first-order valence-corrected chi connectivity index (χ1v) is 5.61. The minimum absolute atomic E-state index is 0.0712. The fourth-order valence-corrected chi connectivity index (χ4v) is 2.38. The number of methoxy groups -OCH3 is 1. The van der Waals surface area contributed by atoms with Gasteiger partial charge in [0.25, 0.3) is 0 Å². The molecule has 0 unspecified atom stereocenters. The van der Waals surface area contributed by atoms with Crippen molar-refractivity contribution in [3.8, 4) is 5.75 Å². The zero-order valence-electron chi connectivity index (χ0n) is 7.39. The Balaban J connectivity index is 2.36. The van der Waals surface area contributed by atoms with E-state index in [0.29, 0.717) is 16.3 Å². The van der Waals surface area contributed by atoms with Crippen LogP contribution >= 0.6 is 22.9 Å². The van der Waals surface area contributed by atoms with E-state index in [1.807, 2.05) is 5.38 Å². The second-order valence-electron chi connectivity index (χ2n) is 2.53. The molecule has 2 rings (SSSR count). The number of carbonyl (C=O) groups excluding carboxylic acids is 1. The molecule has 0 amide bonds. The first-order chi connectivity index (χ1) is 6.83. The van der Waals surface area contributed by atoms with Crippen LogP contribution in [-0.4, -0.2) is 17.3 Å². The predicted molar refractivity (Wildman–Crippen MR) is 56.4 cm³/mol. The lowest BCUT2D eigenvalue weighted by Gasteiger charge is -1.98. The Kier molecular flexibility index (Phi) is 2.60. The molecule has 14 heavy (non-hydrogen) atoms. The van der Waals surface area contributed by atoms with Crippen molar-refractivity contribution >= 4 is 28.7 Å². The van der Waals surface area contributed by atoms with Crippen molar-refractivity contribution in [3.05, 3.63) is 33.5 Å². The Hall–Kier alpha value is -1.20. The van der Waals surface area contributed by atoms with Gasteiger partial charge in [0.15, 0.2) is 0 Å². The van der Waals surface area contributed by atoms with Crippen LogP contribution in [0.3, 0.4) is 0 Å². The lowest BCUT2D eigenvalue weighted by atomic mass is 10.2. The van der Waals surface area contributed by atoms with Crippen LogP contribution in [0.1, 0.15) is 15.4 Å². The lowest BCUT2D eigenvalue weighted by molar-refractivity contribution is 0.103. The van der Waals surface area contributed by atoms with Crippen LogP contribution in [0, 0.1) is 0 Å². The molecule has 2 aromatic rings. The van der Waals surface area contributed by atoms with E-state index in [0.717, 1.165) is 0 Å². The van der Waals surface area contributed by atoms with Crippen molar-refractivity contribution in [1.82, 2.24) is 4.37 Å². The Morgan fingerprint density at radius 2 is 2.29 bits per heavy atom. The summed E-state index contributed by atoms with van der Waals surface area (Å²) in [6.07, 6.45) is 0. The minimum Gasteiger partial charge on any atom is -0.495 e. The topological polar surface area (TPSA) is 39.2 Å². The minimum atomic E-state index is -0.0712. The monoisotopic (exact) mass is 225 g/mol. The lowest BCUT2D eigenvalue weighted by Crippen LogP contribution is -2.00. The van der Waals surface area contributed by atoms with Crippen molar-refractivity contribution in [2.45, 2.75) is 0 Å². The summed E-state index contributed by atoms with van der Waals surface area (Å²) in [5.74, 6) is 0.547. The Morgan fingerprint density at radius 1 is 1.43 bits per heavy atom. The van der Waals surface area contributed by atoms with Gasteiger partial charge in [-0.2, -0.15) is 4.37 Å². The number of nitrogens with zero attached hydrogens (tertiary/aromatic N) is 1. The van der Waals surface area contributed by atoms with Gasteiger partial charge in [-0.25, -0.2) is 0 Å². The van der Waals surface area contributed by atoms with Crippen molar-refractivity contribution < 1.29 is 9.53 Å². The summed E-state index contributed by atoms with van der Waals surface area (Å²) >= 11 is 2.64. The molecule has 0 fully saturated rings. The number of thiophene rings is 1. The first-order valence-electron chi connectivity index (χ1n) is 3.89. The van der Waals surface area contributed by atoms with Crippen LogP contribution < -0.4 is 4.74 Å². The second kappa shape index (κ2) is 3.89. The van der Waals surface area contributed by atoms with Crippen molar-refractivity contribution in [1.29, 1.82) is 0 Å². The Labute approximate surface area is 89.1 Å². The van der Waals surface area contributed by atoms with Crippen LogP contribution in [0.2, 0.25) is 0 Å². The van der Waals surface area contributed by atoms with E-state index in [2.05, 4.69) is 4.37 Å². The number of hydrogen-bond acceptors (Lipinski definition) is 5. The van der Waals surface area contributed by atoms with Gasteiger partial charge >= 0.3 is 0 Å². The van der Waals surface area contributed by atoms with E-state index in [-0.39, 0.29) is 5.78 Å². The maximum atomic E-state index is 11.8. The molecule has 0 bridgehead atoms. The molecule has 0 radical (unpaired) electrons. The number of ether oxygens (including phenoxy) is 1. The van der Waals surface area contributed by atoms with Crippen molar-refractivity contribution in [3.63, 3.8) is 0 Å². The number of aromatic nitrogens is 1. The third kappa shape index (κ3) is 1.56. The van der Waals surface area contributed by atoms with Crippen molar-refractivity contribution in [2.24, 2.45) is 0 Å². The van der Waals surface area contributed by atoms with Gasteiger partial charge in [0.05, 0.1) is 7.11 Å². The fourth-order valence-electron chi connectivity index (χ4n) is 1.07. The van der Waals surface area contributed by atoms with E-state index in [4.69, 9.17) is 4.74 Å². The molecule has 0 atom stereocenters. The first kappa shape index (κ1) is 9.36. The third-order valence-corrected chi connectivity index (χ3v) is 3.18. The second-order valence-corrected chi connectivity index (χ2v) is 4.11. The molecule has 0 saturated carbocycles. The number of ketones is 1. The number of rotatable bonds is 3. The predicted octanol–water partition coefficient (Wildman–Crippen LogP) is 2.44. The highest BCUT2D eigenvalue weighted by atomic mass is 32.1. The molecular formula is C9H7NO2S2. The van der Waals surface area contributed by atoms with E-state index in [9.17, 15) is 4.79 Å². The molecule has 3 nitrogen and oxygen atoms in total. The summed E-state index contributed by atoms with van der Waals surface area (Å²) < 4.78 is 9.06. The fraction of sp³-hybridized carbons (Fsp3) is 0.111. The summed E-state index contributed by atoms with van der Waals surface area (Å²) in [7, 11) is 1.56. The largest absolute Gasteiger partial charge is 0.495 e. The quantitative estimate of drug-likeness (QED) is 0.753. The Bertz CT molecular complexity index is 433. The van der Waals surface area contributed by atoms with Crippen LogP contribution in [0.15, 0.2) is 22.9 Å². The smallest absolute Gasteiger partial charge is 0.226 e. The highest BCUT2D eigenvalue weighted by Gasteiger charge is 2.17. The van der Waals surface area contributed by atoms with E-state index >= 15 is 0 Å². The molecule has 0 aliphatic heterocycles. The van der Waals surface area contributed by atoms with Gasteiger partial charge in [-0.05, 0) is 29.0 Å². The van der Waals surface area contributed by atoms with Gasteiger partial charge in [-0.15, -0.1) is 11.3 Å². The zero-order chi connectivity index (χ0) is 9.97.